The van der Waals surface area contributed by atoms with Crippen molar-refractivity contribution in [3.8, 4) is 11.5 Å². The Labute approximate surface area is 139 Å². The molecule has 0 saturated carbocycles. The SMILES string of the molecule is COc1ccc(Nc2nncc(Nc3ccccc3)n2)c(OC)c1. The number of nitrogens with one attached hydrogen (secondary N) is 2. The van der Waals surface area contributed by atoms with Crippen LogP contribution in [0.5, 0.6) is 11.5 Å². The zero-order valence-electron chi connectivity index (χ0n) is 13.4. The van der Waals surface area contributed by atoms with E-state index in [-0.39, 0.29) is 0 Å². The summed E-state index contributed by atoms with van der Waals surface area (Å²) in [5.41, 5.74) is 1.64. The molecule has 2 N–H and O–H groups in total. The van der Waals surface area contributed by atoms with Crippen LogP contribution in [0.15, 0.2) is 54.7 Å². The summed E-state index contributed by atoms with van der Waals surface area (Å²) in [4.78, 5) is 4.40. The van der Waals surface area contributed by atoms with E-state index in [4.69, 9.17) is 9.47 Å². The van der Waals surface area contributed by atoms with Gasteiger partial charge in [-0.3, -0.25) is 0 Å². The number of nitrogens with zero attached hydrogens (tertiary/aromatic N) is 3. The molecule has 1 heterocycles. The lowest BCUT2D eigenvalue weighted by Gasteiger charge is -2.12. The van der Waals surface area contributed by atoms with E-state index < -0.39 is 0 Å². The fraction of sp³-hybridized carbons (Fsp3) is 0.118. The minimum Gasteiger partial charge on any atom is -0.497 e. The number of benzene rings is 2. The van der Waals surface area contributed by atoms with Crippen LogP contribution in [-0.4, -0.2) is 29.4 Å². The summed E-state index contributed by atoms with van der Waals surface area (Å²) in [5.74, 6) is 2.28. The van der Waals surface area contributed by atoms with Crippen molar-refractivity contribution < 1.29 is 9.47 Å². The topological polar surface area (TPSA) is 81.2 Å². The molecular weight excluding hydrogens is 306 g/mol. The molecule has 0 aliphatic rings. The molecule has 3 rings (SSSR count). The van der Waals surface area contributed by atoms with Crippen LogP contribution in [0.2, 0.25) is 0 Å². The Morgan fingerprint density at radius 1 is 0.917 bits per heavy atom. The number of hydrogen-bond donors (Lipinski definition) is 2. The van der Waals surface area contributed by atoms with Crippen molar-refractivity contribution in [3.63, 3.8) is 0 Å². The van der Waals surface area contributed by atoms with Crippen molar-refractivity contribution in [2.75, 3.05) is 24.9 Å². The number of rotatable bonds is 6. The second kappa shape index (κ2) is 7.28. The van der Waals surface area contributed by atoms with Crippen LogP contribution in [0.25, 0.3) is 0 Å². The van der Waals surface area contributed by atoms with Gasteiger partial charge in [-0.2, -0.15) is 10.1 Å². The summed E-state index contributed by atoms with van der Waals surface area (Å²) >= 11 is 0. The Balaban J connectivity index is 1.80. The maximum Gasteiger partial charge on any atom is 0.249 e. The van der Waals surface area contributed by atoms with E-state index in [1.807, 2.05) is 42.5 Å². The molecule has 0 amide bonds. The molecule has 0 saturated heterocycles. The van der Waals surface area contributed by atoms with Crippen molar-refractivity contribution in [2.45, 2.75) is 0 Å². The van der Waals surface area contributed by atoms with E-state index in [1.165, 1.54) is 0 Å². The van der Waals surface area contributed by atoms with Crippen molar-refractivity contribution in [1.29, 1.82) is 0 Å². The van der Waals surface area contributed by atoms with Crippen LogP contribution in [-0.2, 0) is 0 Å². The summed E-state index contributed by atoms with van der Waals surface area (Å²) in [5, 5.41) is 14.2. The van der Waals surface area contributed by atoms with Gasteiger partial charge in [-0.25, -0.2) is 0 Å². The standard InChI is InChI=1S/C17H17N5O2/c1-23-13-8-9-14(15(10-13)24-2)20-17-21-16(11-18-22-17)19-12-6-4-3-5-7-12/h3-11H,1-2H3,(H2,19,20,21,22). The zero-order valence-corrected chi connectivity index (χ0v) is 13.4. The molecule has 0 aliphatic heterocycles. The highest BCUT2D eigenvalue weighted by molar-refractivity contribution is 5.65. The highest BCUT2D eigenvalue weighted by Gasteiger charge is 2.08. The summed E-state index contributed by atoms with van der Waals surface area (Å²) in [6.07, 6.45) is 1.56. The van der Waals surface area contributed by atoms with Gasteiger partial charge in [0.15, 0.2) is 5.82 Å². The third kappa shape index (κ3) is 3.70. The third-order valence-corrected chi connectivity index (χ3v) is 3.26. The lowest BCUT2D eigenvalue weighted by molar-refractivity contribution is 0.395. The lowest BCUT2D eigenvalue weighted by atomic mass is 10.2. The van der Waals surface area contributed by atoms with Gasteiger partial charge in [0.1, 0.15) is 11.5 Å². The number of hydrogen-bond acceptors (Lipinski definition) is 7. The van der Waals surface area contributed by atoms with Gasteiger partial charge in [0, 0.05) is 11.8 Å². The average Bonchev–Trinajstić information content (AvgIpc) is 2.63. The highest BCUT2D eigenvalue weighted by atomic mass is 16.5. The molecule has 2 aromatic carbocycles. The van der Waals surface area contributed by atoms with E-state index in [0.29, 0.717) is 23.3 Å². The molecule has 3 aromatic rings. The molecule has 0 radical (unpaired) electrons. The molecule has 0 unspecified atom stereocenters. The van der Waals surface area contributed by atoms with Crippen LogP contribution in [0.1, 0.15) is 0 Å². The molecule has 7 heteroatoms. The minimum absolute atomic E-state index is 0.361. The van der Waals surface area contributed by atoms with Crippen molar-refractivity contribution in [1.82, 2.24) is 15.2 Å². The monoisotopic (exact) mass is 323 g/mol. The number of ether oxygens (including phenoxy) is 2. The smallest absolute Gasteiger partial charge is 0.249 e. The molecule has 122 valence electrons. The number of aromatic nitrogens is 3. The second-order valence-electron chi connectivity index (χ2n) is 4.85. The van der Waals surface area contributed by atoms with E-state index in [1.54, 1.807) is 26.5 Å². The Hall–Kier alpha value is -3.35. The van der Waals surface area contributed by atoms with E-state index in [2.05, 4.69) is 25.8 Å². The first kappa shape index (κ1) is 15.5. The maximum atomic E-state index is 5.35. The van der Waals surface area contributed by atoms with Crippen LogP contribution >= 0.6 is 0 Å². The van der Waals surface area contributed by atoms with Gasteiger partial charge in [-0.15, -0.1) is 5.10 Å². The van der Waals surface area contributed by atoms with Gasteiger partial charge < -0.3 is 20.1 Å². The first-order valence-electron chi connectivity index (χ1n) is 7.29. The van der Waals surface area contributed by atoms with Crippen LogP contribution in [0.3, 0.4) is 0 Å². The fourth-order valence-electron chi connectivity index (χ4n) is 2.11. The molecule has 0 bridgehead atoms. The molecule has 24 heavy (non-hydrogen) atoms. The van der Waals surface area contributed by atoms with Gasteiger partial charge in [0.2, 0.25) is 5.95 Å². The molecule has 0 atom stereocenters. The lowest BCUT2D eigenvalue weighted by Crippen LogP contribution is -2.03. The predicted octanol–water partition coefficient (Wildman–Crippen LogP) is 3.38. The first-order chi connectivity index (χ1) is 11.8. The molecule has 0 fully saturated rings. The Bertz CT molecular complexity index is 811. The summed E-state index contributed by atoms with van der Waals surface area (Å²) in [6, 6.07) is 15.2. The van der Waals surface area contributed by atoms with Crippen molar-refractivity contribution in [3.05, 3.63) is 54.7 Å². The van der Waals surface area contributed by atoms with Gasteiger partial charge in [-0.1, -0.05) is 18.2 Å². The van der Waals surface area contributed by atoms with E-state index >= 15 is 0 Å². The Morgan fingerprint density at radius 3 is 2.50 bits per heavy atom. The zero-order chi connectivity index (χ0) is 16.8. The van der Waals surface area contributed by atoms with Crippen molar-refractivity contribution in [2.24, 2.45) is 0 Å². The summed E-state index contributed by atoms with van der Waals surface area (Å²) < 4.78 is 10.5. The number of para-hydroxylation sites is 1. The maximum absolute atomic E-state index is 5.35. The Kier molecular flexibility index (Phi) is 4.71. The van der Waals surface area contributed by atoms with Crippen LogP contribution in [0.4, 0.5) is 23.1 Å². The first-order valence-corrected chi connectivity index (χ1v) is 7.29. The summed E-state index contributed by atoms with van der Waals surface area (Å²) in [6.45, 7) is 0. The molecule has 1 aromatic heterocycles. The van der Waals surface area contributed by atoms with E-state index in [9.17, 15) is 0 Å². The molecule has 0 aliphatic carbocycles. The number of anilines is 4. The van der Waals surface area contributed by atoms with Gasteiger partial charge in [-0.05, 0) is 24.3 Å². The van der Waals surface area contributed by atoms with Crippen LogP contribution < -0.4 is 20.1 Å². The molecule has 0 spiro atoms. The molecule has 7 nitrogen and oxygen atoms in total. The van der Waals surface area contributed by atoms with E-state index in [0.717, 1.165) is 11.4 Å². The average molecular weight is 323 g/mol. The largest absolute Gasteiger partial charge is 0.497 e. The second-order valence-corrected chi connectivity index (χ2v) is 4.85. The molecular formula is C17H17N5O2. The van der Waals surface area contributed by atoms with Gasteiger partial charge in [0.05, 0.1) is 26.1 Å². The highest BCUT2D eigenvalue weighted by Crippen LogP contribution is 2.30. The van der Waals surface area contributed by atoms with Crippen LogP contribution in [0, 0.1) is 0 Å². The quantitative estimate of drug-likeness (QED) is 0.719. The Morgan fingerprint density at radius 2 is 1.75 bits per heavy atom. The van der Waals surface area contributed by atoms with Gasteiger partial charge >= 0.3 is 0 Å². The van der Waals surface area contributed by atoms with Gasteiger partial charge in [0.25, 0.3) is 0 Å². The minimum atomic E-state index is 0.361. The number of methoxy groups -OCH3 is 2. The third-order valence-electron chi connectivity index (χ3n) is 3.26. The van der Waals surface area contributed by atoms with Crippen molar-refractivity contribution >= 4 is 23.1 Å². The fourth-order valence-corrected chi connectivity index (χ4v) is 2.11. The predicted molar refractivity (Wildman–Crippen MR) is 92.4 cm³/mol. The normalized spacial score (nSPS) is 10.1. The summed E-state index contributed by atoms with van der Waals surface area (Å²) in [7, 11) is 3.19.